The molecule has 0 aliphatic carbocycles. The van der Waals surface area contributed by atoms with E-state index in [0.29, 0.717) is 28.6 Å². The van der Waals surface area contributed by atoms with Crippen molar-refractivity contribution in [2.75, 3.05) is 38.0 Å². The number of carbonyl (C=O) groups excluding carboxylic acids is 1. The normalized spacial score (nSPS) is 19.5. The van der Waals surface area contributed by atoms with Crippen molar-refractivity contribution in [3.8, 4) is 11.3 Å². The molecule has 2 N–H and O–H groups in total. The molecule has 1 atom stereocenters. The first-order valence-corrected chi connectivity index (χ1v) is 13.5. The summed E-state index contributed by atoms with van der Waals surface area (Å²) in [5.74, 6) is 1.25. The zero-order valence-corrected chi connectivity index (χ0v) is 22.6. The van der Waals surface area contributed by atoms with Crippen LogP contribution in [-0.4, -0.2) is 80.2 Å². The Morgan fingerprint density at radius 2 is 2.03 bits per heavy atom. The van der Waals surface area contributed by atoms with Crippen LogP contribution in [0.4, 0.5) is 10.7 Å². The molecule has 2 saturated heterocycles. The Kier molecular flexibility index (Phi) is 7.53. The molecule has 1 amide bonds. The molecule has 9 nitrogen and oxygen atoms in total. The molecule has 0 bridgehead atoms. The van der Waals surface area contributed by atoms with Gasteiger partial charge in [0.2, 0.25) is 5.95 Å². The lowest BCUT2D eigenvalue weighted by Crippen LogP contribution is -2.42. The van der Waals surface area contributed by atoms with Crippen LogP contribution in [0.3, 0.4) is 0 Å². The Morgan fingerprint density at radius 3 is 2.81 bits per heavy atom. The number of hydrogen-bond acceptors (Lipinski definition) is 7. The first-order chi connectivity index (χ1) is 17.7. The number of amides is 1. The molecular weight excluding hydrogens is 490 g/mol. The number of pyridine rings is 1. The number of anilines is 1. The molecule has 3 aromatic rings. The summed E-state index contributed by atoms with van der Waals surface area (Å²) < 4.78 is 5.52. The number of hydrogen-bond donors (Lipinski definition) is 2. The number of carbonyl (C=O) groups is 1. The third kappa shape index (κ3) is 6.33. The van der Waals surface area contributed by atoms with E-state index in [1.54, 1.807) is 12.4 Å². The quantitative estimate of drug-likeness (QED) is 0.456. The fourth-order valence-corrected chi connectivity index (χ4v) is 5.40. The van der Waals surface area contributed by atoms with E-state index in [0.717, 1.165) is 75.0 Å². The minimum absolute atomic E-state index is 0.187. The second kappa shape index (κ2) is 10.8. The average Bonchev–Trinajstić information content (AvgIpc) is 3.50. The summed E-state index contributed by atoms with van der Waals surface area (Å²) in [5.41, 5.74) is 1.99. The van der Waals surface area contributed by atoms with E-state index in [2.05, 4.69) is 25.2 Å². The summed E-state index contributed by atoms with van der Waals surface area (Å²) in [7, 11) is 0. The molecule has 2 aliphatic rings. The fourth-order valence-electron chi connectivity index (χ4n) is 5.21. The second-order valence-electron chi connectivity index (χ2n) is 11.1. The minimum Gasteiger partial charge on any atom is -0.444 e. The maximum atomic E-state index is 12.3. The Bertz CT molecular complexity index is 1230. The van der Waals surface area contributed by atoms with E-state index in [9.17, 15) is 4.79 Å². The Hall–Kier alpha value is -2.91. The number of piperidine rings is 1. The lowest BCUT2D eigenvalue weighted by Gasteiger charge is -2.34. The van der Waals surface area contributed by atoms with Gasteiger partial charge in [0.15, 0.2) is 0 Å². The molecule has 0 spiro atoms. The zero-order chi connectivity index (χ0) is 26.0. The van der Waals surface area contributed by atoms with Crippen molar-refractivity contribution in [2.24, 2.45) is 5.92 Å². The van der Waals surface area contributed by atoms with Crippen LogP contribution < -0.4 is 5.32 Å². The van der Waals surface area contributed by atoms with Gasteiger partial charge < -0.3 is 24.8 Å². The molecule has 37 heavy (non-hydrogen) atoms. The number of H-pyrrole nitrogens is 1. The maximum absolute atomic E-state index is 12.3. The summed E-state index contributed by atoms with van der Waals surface area (Å²) in [6.07, 6.45) is 9.42. The second-order valence-corrected chi connectivity index (χ2v) is 11.5. The van der Waals surface area contributed by atoms with E-state index < -0.39 is 5.60 Å². The highest BCUT2D eigenvalue weighted by Gasteiger charge is 2.28. The molecule has 10 heteroatoms. The summed E-state index contributed by atoms with van der Waals surface area (Å²) >= 11 is 6.47. The SMILES string of the molecule is CC(C)(C)OC(=O)N1CCC(CCN2CCC(Nc3ncc(Cl)c(-c4c[nH]c5ncccc45)n3)C2)CC1. The van der Waals surface area contributed by atoms with Gasteiger partial charge in [0, 0.05) is 55.6 Å². The molecule has 5 rings (SSSR count). The smallest absolute Gasteiger partial charge is 0.410 e. The number of nitrogens with zero attached hydrogens (tertiary/aromatic N) is 5. The van der Waals surface area contributed by atoms with Gasteiger partial charge in [-0.25, -0.2) is 19.7 Å². The van der Waals surface area contributed by atoms with Crippen molar-refractivity contribution >= 4 is 34.7 Å². The summed E-state index contributed by atoms with van der Waals surface area (Å²) in [6, 6.07) is 4.22. The summed E-state index contributed by atoms with van der Waals surface area (Å²) in [4.78, 5) is 33.4. The molecule has 5 heterocycles. The van der Waals surface area contributed by atoms with E-state index in [-0.39, 0.29) is 6.09 Å². The molecule has 198 valence electrons. The van der Waals surface area contributed by atoms with Crippen molar-refractivity contribution in [3.63, 3.8) is 0 Å². The molecule has 2 fully saturated rings. The predicted octanol–water partition coefficient (Wildman–Crippen LogP) is 5.20. The van der Waals surface area contributed by atoms with Crippen LogP contribution >= 0.6 is 11.6 Å². The van der Waals surface area contributed by atoms with Gasteiger partial charge in [-0.15, -0.1) is 0 Å². The van der Waals surface area contributed by atoms with E-state index in [1.165, 1.54) is 0 Å². The van der Waals surface area contributed by atoms with E-state index >= 15 is 0 Å². The van der Waals surface area contributed by atoms with Crippen LogP contribution in [-0.2, 0) is 4.74 Å². The lowest BCUT2D eigenvalue weighted by molar-refractivity contribution is 0.0178. The Morgan fingerprint density at radius 1 is 1.22 bits per heavy atom. The standard InChI is InChI=1S/C27H36ClN7O2/c1-27(2,3)37-26(36)35-13-7-18(8-14-35)6-11-34-12-9-19(17-34)32-25-31-16-22(28)23(33-25)21-15-30-24-20(21)5-4-10-29-24/h4-5,10,15-16,18-19H,6-9,11-14,17H2,1-3H3,(H,29,30)(H,31,32,33). The van der Waals surface area contributed by atoms with Crippen LogP contribution in [0, 0.1) is 5.92 Å². The topological polar surface area (TPSA) is 99.3 Å². The van der Waals surface area contributed by atoms with Crippen LogP contribution in [0.2, 0.25) is 5.02 Å². The number of halogens is 1. The van der Waals surface area contributed by atoms with Gasteiger partial charge in [-0.3, -0.25) is 0 Å². The van der Waals surface area contributed by atoms with Gasteiger partial charge in [0.25, 0.3) is 0 Å². The monoisotopic (exact) mass is 525 g/mol. The molecule has 0 radical (unpaired) electrons. The third-order valence-corrected chi connectivity index (χ3v) is 7.45. The van der Waals surface area contributed by atoms with Gasteiger partial charge in [0.1, 0.15) is 11.2 Å². The Labute approximate surface area is 223 Å². The van der Waals surface area contributed by atoms with Crippen molar-refractivity contribution in [3.05, 3.63) is 35.7 Å². The highest BCUT2D eigenvalue weighted by molar-refractivity contribution is 6.33. The number of nitrogens with one attached hydrogen (secondary N) is 2. The van der Waals surface area contributed by atoms with Crippen molar-refractivity contribution in [1.29, 1.82) is 0 Å². The van der Waals surface area contributed by atoms with Crippen molar-refractivity contribution < 1.29 is 9.53 Å². The Balaban J connectivity index is 1.10. The largest absolute Gasteiger partial charge is 0.444 e. The van der Waals surface area contributed by atoms with Gasteiger partial charge in [-0.1, -0.05) is 11.6 Å². The number of aromatic nitrogens is 4. The first-order valence-electron chi connectivity index (χ1n) is 13.2. The van der Waals surface area contributed by atoms with Crippen LogP contribution in [0.1, 0.15) is 46.5 Å². The average molecular weight is 526 g/mol. The number of likely N-dealkylation sites (tertiary alicyclic amines) is 2. The highest BCUT2D eigenvalue weighted by atomic mass is 35.5. The molecule has 0 saturated carbocycles. The maximum Gasteiger partial charge on any atom is 0.410 e. The molecule has 2 aliphatic heterocycles. The number of fused-ring (bicyclic) bond motifs is 1. The zero-order valence-electron chi connectivity index (χ0n) is 21.8. The van der Waals surface area contributed by atoms with Crippen molar-refractivity contribution in [1.82, 2.24) is 29.7 Å². The summed E-state index contributed by atoms with van der Waals surface area (Å²) in [5, 5.41) is 5.02. The van der Waals surface area contributed by atoms with Gasteiger partial charge >= 0.3 is 6.09 Å². The first kappa shape index (κ1) is 25.7. The van der Waals surface area contributed by atoms with Crippen molar-refractivity contribution in [2.45, 2.75) is 58.1 Å². The third-order valence-electron chi connectivity index (χ3n) is 7.18. The molecule has 3 aromatic heterocycles. The molecule has 0 aromatic carbocycles. The lowest BCUT2D eigenvalue weighted by atomic mass is 9.93. The van der Waals surface area contributed by atoms with Crippen LogP contribution in [0.25, 0.3) is 22.3 Å². The van der Waals surface area contributed by atoms with E-state index in [1.807, 2.05) is 44.0 Å². The minimum atomic E-state index is -0.444. The van der Waals surface area contributed by atoms with Crippen LogP contribution in [0.15, 0.2) is 30.7 Å². The summed E-state index contributed by atoms with van der Waals surface area (Å²) in [6.45, 7) is 10.4. The number of rotatable bonds is 6. The highest BCUT2D eigenvalue weighted by Crippen LogP contribution is 2.32. The molecular formula is C27H36ClN7O2. The fraction of sp³-hybridized carbons (Fsp3) is 0.556. The molecule has 1 unspecified atom stereocenters. The van der Waals surface area contributed by atoms with E-state index in [4.69, 9.17) is 21.3 Å². The van der Waals surface area contributed by atoms with Gasteiger partial charge in [-0.05, 0) is 71.0 Å². The number of aromatic amines is 1. The predicted molar refractivity (Wildman–Crippen MR) is 146 cm³/mol. The van der Waals surface area contributed by atoms with Gasteiger partial charge in [0.05, 0.1) is 16.9 Å². The van der Waals surface area contributed by atoms with Gasteiger partial charge in [-0.2, -0.15) is 0 Å². The number of ether oxygens (including phenoxy) is 1. The van der Waals surface area contributed by atoms with Crippen LogP contribution in [0.5, 0.6) is 0 Å².